The van der Waals surface area contributed by atoms with Crippen molar-refractivity contribution in [2.45, 2.75) is 32.4 Å². The van der Waals surface area contributed by atoms with Crippen molar-refractivity contribution in [1.82, 2.24) is 9.88 Å². The van der Waals surface area contributed by atoms with Gasteiger partial charge >= 0.3 is 0 Å². The molecule has 1 fully saturated rings. The van der Waals surface area contributed by atoms with Crippen molar-refractivity contribution in [3.63, 3.8) is 0 Å². The van der Waals surface area contributed by atoms with Crippen LogP contribution in [0, 0.1) is 0 Å². The summed E-state index contributed by atoms with van der Waals surface area (Å²) in [6.07, 6.45) is 3.91. The zero-order valence-corrected chi connectivity index (χ0v) is 12.7. The Morgan fingerprint density at radius 3 is 2.68 bits per heavy atom. The molecule has 1 saturated heterocycles. The Hall–Kier alpha value is -1.91. The fraction of sp³-hybridized carbons (Fsp3) is 0.389. The van der Waals surface area contributed by atoms with E-state index in [1.165, 1.54) is 19.3 Å². The largest absolute Gasteiger partial charge is 0.439 e. The lowest BCUT2D eigenvalue weighted by atomic mass is 10.1. The Kier molecular flexibility index (Phi) is 5.03. The third-order valence-corrected chi connectivity index (χ3v) is 3.92. The number of pyridine rings is 1. The molecule has 0 saturated carbocycles. The highest BCUT2D eigenvalue weighted by atomic mass is 16.5. The lowest BCUT2D eigenvalue weighted by Gasteiger charge is -2.25. The van der Waals surface area contributed by atoms with Crippen LogP contribution in [0.5, 0.6) is 11.6 Å². The zero-order valence-electron chi connectivity index (χ0n) is 12.7. The van der Waals surface area contributed by atoms with Crippen LogP contribution in [0.25, 0.3) is 0 Å². The van der Waals surface area contributed by atoms with Gasteiger partial charge in [0.25, 0.3) is 0 Å². The number of piperidine rings is 1. The van der Waals surface area contributed by atoms with Gasteiger partial charge in [0.1, 0.15) is 5.75 Å². The lowest BCUT2D eigenvalue weighted by molar-refractivity contribution is 0.218. The van der Waals surface area contributed by atoms with Gasteiger partial charge in [-0.15, -0.1) is 0 Å². The first-order chi connectivity index (χ1) is 10.8. The molecule has 116 valence electrons. The minimum absolute atomic E-state index is 0.0135. The van der Waals surface area contributed by atoms with Crippen molar-refractivity contribution < 1.29 is 9.84 Å². The molecule has 4 heteroatoms. The average Bonchev–Trinajstić information content (AvgIpc) is 2.56. The summed E-state index contributed by atoms with van der Waals surface area (Å²) in [5.41, 5.74) is 1.87. The summed E-state index contributed by atoms with van der Waals surface area (Å²) in [6.45, 7) is 3.21. The number of aromatic nitrogens is 1. The highest BCUT2D eigenvalue weighted by Gasteiger charge is 2.11. The minimum atomic E-state index is 0.0135. The van der Waals surface area contributed by atoms with Crippen molar-refractivity contribution in [2.24, 2.45) is 0 Å². The predicted molar refractivity (Wildman–Crippen MR) is 85.8 cm³/mol. The maximum atomic E-state index is 9.18. The van der Waals surface area contributed by atoms with E-state index in [2.05, 4.69) is 9.88 Å². The molecule has 0 radical (unpaired) electrons. The fourth-order valence-corrected chi connectivity index (χ4v) is 2.78. The van der Waals surface area contributed by atoms with E-state index in [1.807, 2.05) is 42.5 Å². The smallest absolute Gasteiger partial charge is 0.219 e. The summed E-state index contributed by atoms with van der Waals surface area (Å²) < 4.78 is 5.81. The highest BCUT2D eigenvalue weighted by Crippen LogP contribution is 2.21. The summed E-state index contributed by atoms with van der Waals surface area (Å²) in [5, 5.41) is 9.18. The molecule has 1 aliphatic heterocycles. The first kappa shape index (κ1) is 15.0. The molecular formula is C18H22N2O2. The third-order valence-electron chi connectivity index (χ3n) is 3.92. The second-order valence-electron chi connectivity index (χ2n) is 5.71. The molecule has 1 aliphatic rings. The number of aliphatic hydroxyl groups excluding tert-OH is 1. The number of hydrogen-bond acceptors (Lipinski definition) is 4. The Bertz CT molecular complexity index is 610. The molecule has 22 heavy (non-hydrogen) atoms. The van der Waals surface area contributed by atoms with Crippen molar-refractivity contribution in [3.8, 4) is 11.6 Å². The topological polar surface area (TPSA) is 45.6 Å². The predicted octanol–water partition coefficient (Wildman–Crippen LogP) is 3.35. The van der Waals surface area contributed by atoms with Gasteiger partial charge in [0.15, 0.2) is 0 Å². The van der Waals surface area contributed by atoms with Gasteiger partial charge < -0.3 is 9.84 Å². The van der Waals surface area contributed by atoms with E-state index < -0.39 is 0 Å². The number of ether oxygens (including phenoxy) is 1. The van der Waals surface area contributed by atoms with Crippen molar-refractivity contribution in [1.29, 1.82) is 0 Å². The van der Waals surface area contributed by atoms with Gasteiger partial charge in [0.2, 0.25) is 5.88 Å². The van der Waals surface area contributed by atoms with Gasteiger partial charge in [-0.1, -0.05) is 24.6 Å². The molecule has 1 aromatic carbocycles. The van der Waals surface area contributed by atoms with E-state index >= 15 is 0 Å². The van der Waals surface area contributed by atoms with Crippen molar-refractivity contribution >= 4 is 0 Å². The monoisotopic (exact) mass is 298 g/mol. The van der Waals surface area contributed by atoms with E-state index in [-0.39, 0.29) is 6.61 Å². The second-order valence-corrected chi connectivity index (χ2v) is 5.71. The standard InChI is InChI=1S/C18H22N2O2/c21-14-15-6-4-8-17(12-15)22-18-9-5-7-16(19-18)13-20-10-2-1-3-11-20/h4-9,12,21H,1-3,10-11,13-14H2. The minimum Gasteiger partial charge on any atom is -0.439 e. The molecule has 0 spiro atoms. The first-order valence-corrected chi connectivity index (χ1v) is 7.89. The van der Waals surface area contributed by atoms with Gasteiger partial charge in [0, 0.05) is 12.6 Å². The molecule has 4 nitrogen and oxygen atoms in total. The third kappa shape index (κ3) is 4.06. The summed E-state index contributed by atoms with van der Waals surface area (Å²) in [7, 11) is 0. The number of benzene rings is 1. The normalized spacial score (nSPS) is 15.7. The molecule has 2 heterocycles. The Morgan fingerprint density at radius 1 is 1.05 bits per heavy atom. The Labute approximate surface area is 131 Å². The Morgan fingerprint density at radius 2 is 1.86 bits per heavy atom. The highest BCUT2D eigenvalue weighted by molar-refractivity contribution is 5.31. The van der Waals surface area contributed by atoms with Gasteiger partial charge in [-0.3, -0.25) is 4.90 Å². The maximum absolute atomic E-state index is 9.18. The fourth-order valence-electron chi connectivity index (χ4n) is 2.78. The molecule has 0 atom stereocenters. The van der Waals surface area contributed by atoms with E-state index in [4.69, 9.17) is 4.74 Å². The SMILES string of the molecule is OCc1cccc(Oc2cccc(CN3CCCCC3)n2)c1. The summed E-state index contributed by atoms with van der Waals surface area (Å²) in [5.74, 6) is 1.30. The van der Waals surface area contributed by atoms with Crippen LogP contribution in [0.3, 0.4) is 0 Å². The van der Waals surface area contributed by atoms with Gasteiger partial charge in [0.05, 0.1) is 12.3 Å². The maximum Gasteiger partial charge on any atom is 0.219 e. The van der Waals surface area contributed by atoms with Crippen LogP contribution in [0.4, 0.5) is 0 Å². The molecule has 3 rings (SSSR count). The number of rotatable bonds is 5. The van der Waals surface area contributed by atoms with E-state index in [9.17, 15) is 5.11 Å². The molecule has 2 aromatic rings. The van der Waals surface area contributed by atoms with Crippen molar-refractivity contribution in [2.75, 3.05) is 13.1 Å². The number of likely N-dealkylation sites (tertiary alicyclic amines) is 1. The van der Waals surface area contributed by atoms with Crippen LogP contribution in [0.1, 0.15) is 30.5 Å². The molecular weight excluding hydrogens is 276 g/mol. The molecule has 0 unspecified atom stereocenters. The number of aliphatic hydroxyl groups is 1. The van der Waals surface area contributed by atoms with E-state index in [0.717, 1.165) is 30.9 Å². The summed E-state index contributed by atoms with van der Waals surface area (Å²) >= 11 is 0. The summed E-state index contributed by atoms with van der Waals surface area (Å²) in [4.78, 5) is 7.04. The molecule has 1 N–H and O–H groups in total. The number of nitrogens with zero attached hydrogens (tertiary/aromatic N) is 2. The zero-order chi connectivity index (χ0) is 15.2. The van der Waals surface area contributed by atoms with Gasteiger partial charge in [-0.05, 0) is 49.7 Å². The van der Waals surface area contributed by atoms with E-state index in [0.29, 0.717) is 11.6 Å². The lowest BCUT2D eigenvalue weighted by Crippen LogP contribution is -2.29. The quantitative estimate of drug-likeness (QED) is 0.919. The molecule has 1 aromatic heterocycles. The molecule has 0 bridgehead atoms. The molecule has 0 amide bonds. The van der Waals surface area contributed by atoms with Crippen LogP contribution in [-0.2, 0) is 13.2 Å². The van der Waals surface area contributed by atoms with Gasteiger partial charge in [-0.2, -0.15) is 0 Å². The summed E-state index contributed by atoms with van der Waals surface area (Å²) in [6, 6.07) is 13.3. The van der Waals surface area contributed by atoms with Crippen LogP contribution in [-0.4, -0.2) is 28.1 Å². The first-order valence-electron chi connectivity index (χ1n) is 7.89. The van der Waals surface area contributed by atoms with Crippen LogP contribution >= 0.6 is 0 Å². The Balaban J connectivity index is 1.67. The molecule has 0 aliphatic carbocycles. The average molecular weight is 298 g/mol. The second kappa shape index (κ2) is 7.38. The van der Waals surface area contributed by atoms with Crippen LogP contribution < -0.4 is 4.74 Å². The van der Waals surface area contributed by atoms with Crippen molar-refractivity contribution in [3.05, 3.63) is 53.7 Å². The number of hydrogen-bond donors (Lipinski definition) is 1. The van der Waals surface area contributed by atoms with E-state index in [1.54, 1.807) is 0 Å². The van der Waals surface area contributed by atoms with Gasteiger partial charge in [-0.25, -0.2) is 4.98 Å². The van der Waals surface area contributed by atoms with Crippen LogP contribution in [0.2, 0.25) is 0 Å². The van der Waals surface area contributed by atoms with Crippen LogP contribution in [0.15, 0.2) is 42.5 Å².